The highest BCUT2D eigenvalue weighted by atomic mass is 16.2. The zero-order valence-corrected chi connectivity index (χ0v) is 7.40. The van der Waals surface area contributed by atoms with Crippen LogP contribution in [0.4, 0.5) is 0 Å². The third-order valence-electron chi connectivity index (χ3n) is 2.47. The first-order valence-corrected chi connectivity index (χ1v) is 4.46. The Morgan fingerprint density at radius 1 is 1.57 bits per heavy atom. The Balaban J connectivity index is 2.08. The minimum absolute atomic E-state index is 0.0169. The zero-order chi connectivity index (χ0) is 9.54. The zero-order valence-electron chi connectivity index (χ0n) is 7.40. The van der Waals surface area contributed by atoms with Crippen molar-refractivity contribution in [2.45, 2.75) is 6.17 Å². The Bertz CT molecular complexity index is 383. The molecule has 0 aromatic carbocycles. The van der Waals surface area contributed by atoms with Crippen LogP contribution in [0.1, 0.15) is 0 Å². The lowest BCUT2D eigenvalue weighted by atomic mass is 10.3. The molecule has 1 saturated heterocycles. The molecular weight excluding hydrogens is 182 g/mol. The van der Waals surface area contributed by atoms with Gasteiger partial charge in [-0.05, 0) is 6.08 Å². The Hall–Kier alpha value is -1.69. The number of hydrogen-bond donors (Lipinski definition) is 2. The van der Waals surface area contributed by atoms with Crippen LogP contribution in [0, 0.1) is 0 Å². The van der Waals surface area contributed by atoms with Crippen molar-refractivity contribution in [3.05, 3.63) is 11.8 Å². The number of carbonyl (C=O) groups excluding carboxylic acids is 1. The van der Waals surface area contributed by atoms with Crippen LogP contribution in [0.2, 0.25) is 0 Å². The fraction of sp³-hybridized carbons (Fsp3) is 0.375. The van der Waals surface area contributed by atoms with Gasteiger partial charge >= 0.3 is 0 Å². The van der Waals surface area contributed by atoms with Gasteiger partial charge in [-0.3, -0.25) is 10.1 Å². The highest BCUT2D eigenvalue weighted by Gasteiger charge is 2.38. The maximum atomic E-state index is 11.6. The van der Waals surface area contributed by atoms with E-state index in [1.54, 1.807) is 6.21 Å². The van der Waals surface area contributed by atoms with E-state index in [9.17, 15) is 4.79 Å². The molecule has 14 heavy (non-hydrogen) atoms. The molecular formula is C8H9N5O. The summed E-state index contributed by atoms with van der Waals surface area (Å²) in [5.74, 6) is 0.789. The Morgan fingerprint density at radius 3 is 3.43 bits per heavy atom. The number of allylic oxidation sites excluding steroid dienone is 1. The van der Waals surface area contributed by atoms with Crippen LogP contribution in [0.15, 0.2) is 22.0 Å². The summed E-state index contributed by atoms with van der Waals surface area (Å²) in [6.45, 7) is 1.13. The van der Waals surface area contributed by atoms with Crippen molar-refractivity contribution in [2.75, 3.05) is 13.1 Å². The van der Waals surface area contributed by atoms with Crippen LogP contribution < -0.4 is 10.6 Å². The molecule has 1 unspecified atom stereocenters. The molecule has 1 atom stereocenters. The second-order valence-corrected chi connectivity index (χ2v) is 3.29. The molecule has 1 fully saturated rings. The summed E-state index contributed by atoms with van der Waals surface area (Å²) in [5, 5.41) is 13.7. The number of nitrogens with zero attached hydrogens (tertiary/aromatic N) is 3. The average molecular weight is 191 g/mol. The standard InChI is InChI=1S/C8H9N5O/c14-8-7-10-4-6-12-11-3-5(13(6)7)1-2-9-8/h1,3,7,10H,2,4H2,(H,9,14). The number of amides is 1. The molecule has 3 rings (SSSR count). The molecule has 0 aliphatic carbocycles. The van der Waals surface area contributed by atoms with Gasteiger partial charge in [-0.25, -0.2) is 0 Å². The average Bonchev–Trinajstić information content (AvgIpc) is 2.54. The molecule has 6 heteroatoms. The van der Waals surface area contributed by atoms with Crippen LogP contribution in [-0.2, 0) is 4.79 Å². The first kappa shape index (κ1) is 7.69. The number of carbonyl (C=O) groups is 1. The number of amidine groups is 1. The van der Waals surface area contributed by atoms with Crippen LogP contribution in [0.25, 0.3) is 0 Å². The van der Waals surface area contributed by atoms with Crippen molar-refractivity contribution in [2.24, 2.45) is 10.2 Å². The van der Waals surface area contributed by atoms with E-state index in [1.807, 2.05) is 11.0 Å². The number of hydrogen-bond acceptors (Lipinski definition) is 5. The van der Waals surface area contributed by atoms with Gasteiger partial charge in [0.15, 0.2) is 6.17 Å². The molecule has 72 valence electrons. The summed E-state index contributed by atoms with van der Waals surface area (Å²) in [5.41, 5.74) is 0.934. The molecule has 0 aromatic heterocycles. The van der Waals surface area contributed by atoms with Crippen molar-refractivity contribution >= 4 is 18.0 Å². The van der Waals surface area contributed by atoms with Gasteiger partial charge in [0.25, 0.3) is 5.91 Å². The van der Waals surface area contributed by atoms with Gasteiger partial charge < -0.3 is 10.2 Å². The van der Waals surface area contributed by atoms with Gasteiger partial charge in [0.05, 0.1) is 18.5 Å². The second kappa shape index (κ2) is 2.65. The van der Waals surface area contributed by atoms with E-state index in [4.69, 9.17) is 0 Å². The van der Waals surface area contributed by atoms with Crippen LogP contribution in [0.5, 0.6) is 0 Å². The van der Waals surface area contributed by atoms with Crippen LogP contribution >= 0.6 is 0 Å². The van der Waals surface area contributed by atoms with Crippen LogP contribution in [-0.4, -0.2) is 42.1 Å². The largest absolute Gasteiger partial charge is 0.350 e. The van der Waals surface area contributed by atoms with Gasteiger partial charge in [-0.1, -0.05) is 0 Å². The minimum atomic E-state index is -0.325. The summed E-state index contributed by atoms with van der Waals surface area (Å²) in [4.78, 5) is 13.5. The highest BCUT2D eigenvalue weighted by molar-refractivity contribution is 6.01. The van der Waals surface area contributed by atoms with E-state index < -0.39 is 0 Å². The molecule has 6 nitrogen and oxygen atoms in total. The highest BCUT2D eigenvalue weighted by Crippen LogP contribution is 2.18. The molecule has 3 aliphatic rings. The third-order valence-corrected chi connectivity index (χ3v) is 2.47. The first-order chi connectivity index (χ1) is 6.86. The molecule has 0 aromatic rings. The lowest BCUT2D eigenvalue weighted by molar-refractivity contribution is -0.124. The smallest absolute Gasteiger partial charge is 0.258 e. The number of nitrogens with one attached hydrogen (secondary N) is 2. The molecule has 3 heterocycles. The molecule has 0 radical (unpaired) electrons. The van der Waals surface area contributed by atoms with Crippen molar-refractivity contribution < 1.29 is 4.79 Å². The lowest BCUT2D eigenvalue weighted by Gasteiger charge is -2.24. The van der Waals surface area contributed by atoms with Gasteiger partial charge in [0.1, 0.15) is 5.84 Å². The third kappa shape index (κ3) is 0.912. The van der Waals surface area contributed by atoms with E-state index in [1.165, 1.54) is 0 Å². The fourth-order valence-electron chi connectivity index (χ4n) is 1.83. The monoisotopic (exact) mass is 191 g/mol. The van der Waals surface area contributed by atoms with Gasteiger partial charge in [-0.15, -0.1) is 5.10 Å². The quantitative estimate of drug-likeness (QED) is 0.496. The summed E-state index contributed by atoms with van der Waals surface area (Å²) < 4.78 is 0. The van der Waals surface area contributed by atoms with E-state index in [2.05, 4.69) is 20.8 Å². The summed E-state index contributed by atoms with van der Waals surface area (Å²) >= 11 is 0. The van der Waals surface area contributed by atoms with Crippen molar-refractivity contribution in [3.8, 4) is 0 Å². The second-order valence-electron chi connectivity index (χ2n) is 3.29. The van der Waals surface area contributed by atoms with Crippen molar-refractivity contribution in [1.82, 2.24) is 15.5 Å². The van der Waals surface area contributed by atoms with Gasteiger partial charge in [-0.2, -0.15) is 5.10 Å². The van der Waals surface area contributed by atoms with Gasteiger partial charge in [0.2, 0.25) is 0 Å². The van der Waals surface area contributed by atoms with E-state index >= 15 is 0 Å². The first-order valence-electron chi connectivity index (χ1n) is 4.46. The molecule has 0 spiro atoms. The van der Waals surface area contributed by atoms with Crippen LogP contribution in [0.3, 0.4) is 0 Å². The topological polar surface area (TPSA) is 69.1 Å². The SMILES string of the molecule is O=C1NCC=C2C=NN=C3CNC1N23. The maximum absolute atomic E-state index is 11.6. The van der Waals surface area contributed by atoms with Crippen molar-refractivity contribution in [3.63, 3.8) is 0 Å². The van der Waals surface area contributed by atoms with Crippen molar-refractivity contribution in [1.29, 1.82) is 0 Å². The fourth-order valence-corrected chi connectivity index (χ4v) is 1.83. The lowest BCUT2D eigenvalue weighted by Crippen LogP contribution is -2.47. The van der Waals surface area contributed by atoms with E-state index in [0.717, 1.165) is 11.5 Å². The Kier molecular flexibility index (Phi) is 1.45. The molecule has 0 bridgehead atoms. The molecule has 0 saturated carbocycles. The predicted molar refractivity (Wildman–Crippen MR) is 50.6 cm³/mol. The molecule has 2 N–H and O–H groups in total. The summed E-state index contributed by atoms with van der Waals surface area (Å²) in [6, 6.07) is 0. The van der Waals surface area contributed by atoms with Gasteiger partial charge in [0, 0.05) is 6.54 Å². The number of rotatable bonds is 0. The van der Waals surface area contributed by atoms with E-state index in [0.29, 0.717) is 13.1 Å². The summed E-state index contributed by atoms with van der Waals surface area (Å²) in [6.07, 6.45) is 3.28. The molecule has 3 aliphatic heterocycles. The Morgan fingerprint density at radius 2 is 2.50 bits per heavy atom. The normalized spacial score (nSPS) is 29.0. The molecule has 1 amide bonds. The minimum Gasteiger partial charge on any atom is -0.350 e. The Labute approximate surface area is 80.4 Å². The van der Waals surface area contributed by atoms with E-state index in [-0.39, 0.29) is 12.1 Å². The predicted octanol–water partition coefficient (Wildman–Crippen LogP) is -1.37. The summed E-state index contributed by atoms with van der Waals surface area (Å²) in [7, 11) is 0. The maximum Gasteiger partial charge on any atom is 0.258 e.